The van der Waals surface area contributed by atoms with Crippen molar-refractivity contribution in [3.63, 3.8) is 0 Å². The van der Waals surface area contributed by atoms with Gasteiger partial charge < -0.3 is 18.9 Å². The number of methoxy groups -OCH3 is 1. The standard InChI is InChI=1S/C28H31N3O5S/c1-3-4-5-6-7-10-15-34-21-14-13-19(16-23(21)33-2)17-25-27(32)31-28(37-25)29-26(30-31)24-18-35-20-11-8-9-12-22(20)36-24/h8-9,11-14,16-17,24H,3-7,10,15,18H2,1-2H3. The summed E-state index contributed by atoms with van der Waals surface area (Å²) in [6, 6.07) is 13.1. The number of nitrogens with zero attached hydrogens (tertiary/aromatic N) is 3. The van der Waals surface area contributed by atoms with Crippen LogP contribution in [0.4, 0.5) is 0 Å². The molecule has 3 heterocycles. The smallest absolute Gasteiger partial charge is 0.291 e. The van der Waals surface area contributed by atoms with E-state index in [9.17, 15) is 4.79 Å². The normalized spacial score (nSPS) is 15.3. The lowest BCUT2D eigenvalue weighted by Crippen LogP contribution is -2.26. The highest BCUT2D eigenvalue weighted by molar-refractivity contribution is 7.15. The lowest BCUT2D eigenvalue weighted by atomic mass is 10.1. The van der Waals surface area contributed by atoms with E-state index in [0.29, 0.717) is 44.9 Å². The van der Waals surface area contributed by atoms with E-state index in [1.54, 1.807) is 7.11 Å². The van der Waals surface area contributed by atoms with Crippen LogP contribution in [0.5, 0.6) is 23.0 Å². The zero-order chi connectivity index (χ0) is 25.6. The van der Waals surface area contributed by atoms with Gasteiger partial charge in [-0.3, -0.25) is 4.79 Å². The number of thiazole rings is 1. The number of benzene rings is 2. The number of ether oxygens (including phenoxy) is 4. The zero-order valence-corrected chi connectivity index (χ0v) is 22.0. The number of unbranched alkanes of at least 4 members (excludes halogenated alkanes) is 5. The van der Waals surface area contributed by atoms with Gasteiger partial charge in [-0.15, -0.1) is 5.10 Å². The molecule has 1 unspecified atom stereocenters. The Morgan fingerprint density at radius 2 is 1.89 bits per heavy atom. The van der Waals surface area contributed by atoms with E-state index in [-0.39, 0.29) is 12.2 Å². The fraction of sp³-hybridized carbons (Fsp3) is 0.393. The summed E-state index contributed by atoms with van der Waals surface area (Å²) in [5.41, 5.74) is 0.615. The van der Waals surface area contributed by atoms with Crippen LogP contribution in [0.3, 0.4) is 0 Å². The Bertz CT molecular complexity index is 1460. The second-order valence-corrected chi connectivity index (χ2v) is 9.98. The van der Waals surface area contributed by atoms with E-state index < -0.39 is 6.10 Å². The van der Waals surface area contributed by atoms with E-state index in [0.717, 1.165) is 12.0 Å². The molecule has 2 aromatic heterocycles. The van der Waals surface area contributed by atoms with E-state index >= 15 is 0 Å². The van der Waals surface area contributed by atoms with Crippen LogP contribution in [0.2, 0.25) is 0 Å². The van der Waals surface area contributed by atoms with Crippen LogP contribution in [-0.4, -0.2) is 34.9 Å². The summed E-state index contributed by atoms with van der Waals surface area (Å²) in [5, 5.41) is 4.42. The number of hydrogen-bond donors (Lipinski definition) is 0. The highest BCUT2D eigenvalue weighted by Gasteiger charge is 2.27. The van der Waals surface area contributed by atoms with E-state index in [2.05, 4.69) is 17.0 Å². The lowest BCUT2D eigenvalue weighted by molar-refractivity contribution is 0.0852. The highest BCUT2D eigenvalue weighted by Crippen LogP contribution is 2.35. The van der Waals surface area contributed by atoms with Crippen molar-refractivity contribution >= 4 is 22.4 Å². The number of rotatable bonds is 11. The van der Waals surface area contributed by atoms with Crippen molar-refractivity contribution in [3.8, 4) is 23.0 Å². The first-order valence-electron chi connectivity index (χ1n) is 12.8. The number of hydrogen-bond acceptors (Lipinski definition) is 8. The van der Waals surface area contributed by atoms with Gasteiger partial charge in [-0.1, -0.05) is 68.6 Å². The summed E-state index contributed by atoms with van der Waals surface area (Å²) in [4.78, 5) is 18.1. The summed E-state index contributed by atoms with van der Waals surface area (Å²) < 4.78 is 25.1. The average molecular weight is 522 g/mol. The molecule has 0 aliphatic carbocycles. The molecule has 0 saturated carbocycles. The first-order chi connectivity index (χ1) is 18.2. The van der Waals surface area contributed by atoms with Crippen LogP contribution >= 0.6 is 11.3 Å². The van der Waals surface area contributed by atoms with Gasteiger partial charge in [-0.05, 0) is 42.3 Å². The van der Waals surface area contributed by atoms with Crippen molar-refractivity contribution in [2.45, 2.75) is 51.6 Å². The molecular formula is C28H31N3O5S. The molecule has 0 N–H and O–H groups in total. The van der Waals surface area contributed by atoms with Gasteiger partial charge in [-0.25, -0.2) is 0 Å². The van der Waals surface area contributed by atoms with Crippen molar-refractivity contribution in [1.29, 1.82) is 0 Å². The summed E-state index contributed by atoms with van der Waals surface area (Å²) in [6.45, 7) is 3.17. The van der Waals surface area contributed by atoms with Crippen molar-refractivity contribution in [3.05, 3.63) is 68.7 Å². The fourth-order valence-corrected chi connectivity index (χ4v) is 5.16. The Morgan fingerprint density at radius 1 is 1.08 bits per heavy atom. The third-order valence-corrected chi connectivity index (χ3v) is 7.19. The molecule has 4 aromatic rings. The molecule has 0 fully saturated rings. The lowest BCUT2D eigenvalue weighted by Gasteiger charge is -2.24. The van der Waals surface area contributed by atoms with E-state index in [4.69, 9.17) is 18.9 Å². The summed E-state index contributed by atoms with van der Waals surface area (Å²) in [6.07, 6.45) is 8.62. The average Bonchev–Trinajstić information content (AvgIpc) is 3.47. The van der Waals surface area contributed by atoms with Gasteiger partial charge >= 0.3 is 0 Å². The van der Waals surface area contributed by atoms with Crippen molar-refractivity contribution in [1.82, 2.24) is 14.6 Å². The van der Waals surface area contributed by atoms with E-state index in [1.807, 2.05) is 48.5 Å². The molecular weight excluding hydrogens is 490 g/mol. The molecule has 8 nitrogen and oxygen atoms in total. The minimum Gasteiger partial charge on any atom is -0.493 e. The van der Waals surface area contributed by atoms with Gasteiger partial charge in [-0.2, -0.15) is 9.50 Å². The van der Waals surface area contributed by atoms with Crippen molar-refractivity contribution in [2.24, 2.45) is 0 Å². The minimum atomic E-state index is -0.470. The molecule has 37 heavy (non-hydrogen) atoms. The highest BCUT2D eigenvalue weighted by atomic mass is 32.1. The van der Waals surface area contributed by atoms with Crippen LogP contribution in [-0.2, 0) is 0 Å². The predicted molar refractivity (Wildman–Crippen MR) is 143 cm³/mol. The summed E-state index contributed by atoms with van der Waals surface area (Å²) in [7, 11) is 1.62. The van der Waals surface area contributed by atoms with E-state index in [1.165, 1.54) is 48.0 Å². The quantitative estimate of drug-likeness (QED) is 0.258. The van der Waals surface area contributed by atoms with Gasteiger partial charge in [0, 0.05) is 0 Å². The molecule has 5 rings (SSSR count). The maximum Gasteiger partial charge on any atom is 0.291 e. The molecule has 0 radical (unpaired) electrons. The molecule has 1 aliphatic rings. The van der Waals surface area contributed by atoms with Crippen LogP contribution in [0.1, 0.15) is 62.9 Å². The SMILES string of the molecule is CCCCCCCCOc1ccc(C=c2sc3nc(C4COc5ccccc5O4)nn3c2=O)cc1OC. The Balaban J connectivity index is 1.28. The first-order valence-corrected chi connectivity index (χ1v) is 13.6. The van der Waals surface area contributed by atoms with Gasteiger partial charge in [0.2, 0.25) is 4.96 Å². The Hall–Kier alpha value is -3.59. The maximum atomic E-state index is 13.0. The molecule has 0 amide bonds. The van der Waals surface area contributed by atoms with Gasteiger partial charge in [0.05, 0.1) is 18.2 Å². The number of aromatic nitrogens is 3. The maximum absolute atomic E-state index is 13.0. The molecule has 2 aromatic carbocycles. The Kier molecular flexibility index (Phi) is 7.89. The second-order valence-electron chi connectivity index (χ2n) is 8.97. The van der Waals surface area contributed by atoms with Gasteiger partial charge in [0.15, 0.2) is 34.9 Å². The number of fused-ring (bicyclic) bond motifs is 2. The van der Waals surface area contributed by atoms with Crippen LogP contribution in [0.15, 0.2) is 47.3 Å². The molecule has 1 atom stereocenters. The molecule has 0 saturated heterocycles. The fourth-order valence-electron chi connectivity index (χ4n) is 4.24. The van der Waals surface area contributed by atoms with Gasteiger partial charge in [0.1, 0.15) is 6.61 Å². The summed E-state index contributed by atoms with van der Waals surface area (Å²) >= 11 is 1.28. The first kappa shape index (κ1) is 25.1. The predicted octanol–water partition coefficient (Wildman–Crippen LogP) is 4.96. The zero-order valence-electron chi connectivity index (χ0n) is 21.1. The van der Waals surface area contributed by atoms with Crippen molar-refractivity contribution < 1.29 is 18.9 Å². The monoisotopic (exact) mass is 521 g/mol. The largest absolute Gasteiger partial charge is 0.493 e. The third-order valence-electron chi connectivity index (χ3n) is 6.24. The Labute approximate surface area is 219 Å². The van der Waals surface area contributed by atoms with Crippen LogP contribution in [0, 0.1) is 0 Å². The number of para-hydroxylation sites is 2. The molecule has 0 spiro atoms. The molecule has 1 aliphatic heterocycles. The van der Waals surface area contributed by atoms with Crippen LogP contribution in [0.25, 0.3) is 11.0 Å². The van der Waals surface area contributed by atoms with Gasteiger partial charge in [0.25, 0.3) is 5.56 Å². The summed E-state index contributed by atoms with van der Waals surface area (Å²) in [5.74, 6) is 3.11. The molecule has 9 heteroatoms. The molecule has 0 bridgehead atoms. The Morgan fingerprint density at radius 3 is 2.70 bits per heavy atom. The van der Waals surface area contributed by atoms with Crippen LogP contribution < -0.4 is 29.0 Å². The third kappa shape index (κ3) is 5.72. The second kappa shape index (κ2) is 11.6. The minimum absolute atomic E-state index is 0.224. The van der Waals surface area contributed by atoms with Crippen molar-refractivity contribution in [2.75, 3.05) is 20.3 Å². The molecule has 194 valence electrons. The topological polar surface area (TPSA) is 84.2 Å².